The standard InChI is InChI=1S/C26H24N6O/c1-32-17-23(30-18-32)22-11-12-24(29-16-22)31-26(33)25(21-5-3-2-4-6-21)28-14-13-19-7-9-20(15-27)10-8-19/h2-12,16-18,25,28H,13-14H2,1H3,(H,29,31,33)/t25-/m0/s1. The molecule has 0 spiro atoms. The summed E-state index contributed by atoms with van der Waals surface area (Å²) in [5.74, 6) is 0.300. The molecule has 0 aliphatic carbocycles. The third-order valence-electron chi connectivity index (χ3n) is 5.26. The van der Waals surface area contributed by atoms with Crippen LogP contribution in [0.3, 0.4) is 0 Å². The van der Waals surface area contributed by atoms with Crippen LogP contribution in [-0.4, -0.2) is 27.0 Å². The van der Waals surface area contributed by atoms with E-state index in [0.29, 0.717) is 17.9 Å². The van der Waals surface area contributed by atoms with E-state index in [9.17, 15) is 4.79 Å². The van der Waals surface area contributed by atoms with E-state index < -0.39 is 6.04 Å². The van der Waals surface area contributed by atoms with E-state index in [1.54, 1.807) is 30.7 Å². The molecule has 4 rings (SSSR count). The number of anilines is 1. The first-order valence-corrected chi connectivity index (χ1v) is 10.6. The van der Waals surface area contributed by atoms with Crippen molar-refractivity contribution in [3.05, 3.63) is 102 Å². The minimum atomic E-state index is -0.526. The molecule has 7 nitrogen and oxygen atoms in total. The maximum absolute atomic E-state index is 13.1. The van der Waals surface area contributed by atoms with Crippen molar-refractivity contribution in [2.45, 2.75) is 12.5 Å². The molecule has 0 saturated carbocycles. The molecule has 0 bridgehead atoms. The van der Waals surface area contributed by atoms with Crippen molar-refractivity contribution in [2.24, 2.45) is 7.05 Å². The molecule has 2 aromatic heterocycles. The Morgan fingerprint density at radius 1 is 1.06 bits per heavy atom. The molecule has 164 valence electrons. The second-order valence-electron chi connectivity index (χ2n) is 7.70. The minimum Gasteiger partial charge on any atom is -0.340 e. The summed E-state index contributed by atoms with van der Waals surface area (Å²) in [6.07, 6.45) is 6.09. The lowest BCUT2D eigenvalue weighted by atomic mass is 10.1. The van der Waals surface area contributed by atoms with Gasteiger partial charge < -0.3 is 15.2 Å². The Labute approximate surface area is 192 Å². The summed E-state index contributed by atoms with van der Waals surface area (Å²) < 4.78 is 1.87. The number of pyridine rings is 1. The first-order chi connectivity index (χ1) is 16.1. The molecule has 2 aromatic carbocycles. The van der Waals surface area contributed by atoms with Gasteiger partial charge >= 0.3 is 0 Å². The van der Waals surface area contributed by atoms with Crippen LogP contribution in [0.15, 0.2) is 85.5 Å². The molecule has 33 heavy (non-hydrogen) atoms. The molecule has 4 aromatic rings. The summed E-state index contributed by atoms with van der Waals surface area (Å²) in [6, 6.07) is 22.3. The van der Waals surface area contributed by atoms with Crippen molar-refractivity contribution in [2.75, 3.05) is 11.9 Å². The summed E-state index contributed by atoms with van der Waals surface area (Å²) in [6.45, 7) is 0.602. The van der Waals surface area contributed by atoms with Crippen LogP contribution in [0.1, 0.15) is 22.7 Å². The molecule has 0 aliphatic rings. The molecule has 0 radical (unpaired) electrons. The zero-order valence-electron chi connectivity index (χ0n) is 18.3. The molecular weight excluding hydrogens is 412 g/mol. The molecule has 1 amide bonds. The van der Waals surface area contributed by atoms with Crippen molar-refractivity contribution in [1.29, 1.82) is 5.26 Å². The number of benzene rings is 2. The highest BCUT2D eigenvalue weighted by molar-refractivity contribution is 5.94. The molecule has 2 N–H and O–H groups in total. The maximum atomic E-state index is 13.1. The van der Waals surface area contributed by atoms with Crippen LogP contribution in [0.2, 0.25) is 0 Å². The zero-order valence-corrected chi connectivity index (χ0v) is 18.3. The van der Waals surface area contributed by atoms with Crippen LogP contribution in [0, 0.1) is 11.3 Å². The quantitative estimate of drug-likeness (QED) is 0.437. The Hall–Kier alpha value is -4.28. The van der Waals surface area contributed by atoms with Crippen LogP contribution in [0.5, 0.6) is 0 Å². The summed E-state index contributed by atoms with van der Waals surface area (Å²) in [7, 11) is 1.91. The van der Waals surface area contributed by atoms with Gasteiger partial charge in [0, 0.05) is 31.5 Å². The van der Waals surface area contributed by atoms with Crippen molar-refractivity contribution >= 4 is 11.7 Å². The Morgan fingerprint density at radius 2 is 1.85 bits per heavy atom. The van der Waals surface area contributed by atoms with E-state index in [2.05, 4.69) is 26.7 Å². The van der Waals surface area contributed by atoms with Gasteiger partial charge in [0.2, 0.25) is 5.91 Å². The number of imidazole rings is 1. The Kier molecular flexibility index (Phi) is 6.88. The predicted molar refractivity (Wildman–Crippen MR) is 127 cm³/mol. The maximum Gasteiger partial charge on any atom is 0.247 e. The van der Waals surface area contributed by atoms with E-state index in [1.165, 1.54) is 0 Å². The van der Waals surface area contributed by atoms with Gasteiger partial charge in [-0.05, 0) is 41.8 Å². The normalized spacial score (nSPS) is 11.5. The Morgan fingerprint density at radius 3 is 2.48 bits per heavy atom. The molecule has 0 unspecified atom stereocenters. The fourth-order valence-corrected chi connectivity index (χ4v) is 3.49. The van der Waals surface area contributed by atoms with Gasteiger partial charge in [0.1, 0.15) is 11.9 Å². The van der Waals surface area contributed by atoms with E-state index in [1.807, 2.05) is 66.3 Å². The lowest BCUT2D eigenvalue weighted by Gasteiger charge is -2.19. The number of carbonyl (C=O) groups excluding carboxylic acids is 1. The largest absolute Gasteiger partial charge is 0.340 e. The molecule has 1 atom stereocenters. The second kappa shape index (κ2) is 10.4. The van der Waals surface area contributed by atoms with Crippen LogP contribution in [-0.2, 0) is 18.3 Å². The van der Waals surface area contributed by atoms with Gasteiger partial charge in [0.15, 0.2) is 0 Å². The van der Waals surface area contributed by atoms with Crippen molar-refractivity contribution in [1.82, 2.24) is 19.9 Å². The van der Waals surface area contributed by atoms with E-state index in [0.717, 1.165) is 28.8 Å². The number of rotatable bonds is 8. The monoisotopic (exact) mass is 436 g/mol. The van der Waals surface area contributed by atoms with Crippen LogP contribution >= 0.6 is 0 Å². The average molecular weight is 437 g/mol. The lowest BCUT2D eigenvalue weighted by Crippen LogP contribution is -2.34. The van der Waals surface area contributed by atoms with Gasteiger partial charge in [-0.25, -0.2) is 9.97 Å². The number of hydrogen-bond acceptors (Lipinski definition) is 5. The molecule has 2 heterocycles. The average Bonchev–Trinajstić information content (AvgIpc) is 3.29. The molecule has 0 fully saturated rings. The number of hydrogen-bond donors (Lipinski definition) is 2. The Bertz CT molecular complexity index is 1240. The summed E-state index contributed by atoms with van der Waals surface area (Å²) >= 11 is 0. The van der Waals surface area contributed by atoms with E-state index in [-0.39, 0.29) is 5.91 Å². The summed E-state index contributed by atoms with van der Waals surface area (Å²) in [4.78, 5) is 21.8. The van der Waals surface area contributed by atoms with Crippen molar-refractivity contribution in [3.63, 3.8) is 0 Å². The summed E-state index contributed by atoms with van der Waals surface area (Å²) in [5, 5.41) is 15.2. The highest BCUT2D eigenvalue weighted by Crippen LogP contribution is 2.19. The highest BCUT2D eigenvalue weighted by Gasteiger charge is 2.20. The Balaban J connectivity index is 1.42. The van der Waals surface area contributed by atoms with Gasteiger partial charge in [-0.1, -0.05) is 42.5 Å². The number of nitrogens with zero attached hydrogens (tertiary/aromatic N) is 4. The van der Waals surface area contributed by atoms with E-state index in [4.69, 9.17) is 5.26 Å². The van der Waals surface area contributed by atoms with Crippen molar-refractivity contribution in [3.8, 4) is 17.3 Å². The zero-order chi connectivity index (χ0) is 23.0. The minimum absolute atomic E-state index is 0.181. The number of nitriles is 1. The lowest BCUT2D eigenvalue weighted by molar-refractivity contribution is -0.118. The summed E-state index contributed by atoms with van der Waals surface area (Å²) in [5.41, 5.74) is 4.32. The molecule has 0 saturated heterocycles. The van der Waals surface area contributed by atoms with Gasteiger partial charge in [-0.15, -0.1) is 0 Å². The van der Waals surface area contributed by atoms with Gasteiger partial charge in [-0.3, -0.25) is 4.79 Å². The number of nitrogens with one attached hydrogen (secondary N) is 2. The topological polar surface area (TPSA) is 95.6 Å². The third kappa shape index (κ3) is 5.70. The number of carbonyl (C=O) groups is 1. The van der Waals surface area contributed by atoms with Crippen molar-refractivity contribution < 1.29 is 4.79 Å². The number of amides is 1. The number of aromatic nitrogens is 3. The fourth-order valence-electron chi connectivity index (χ4n) is 3.49. The van der Waals surface area contributed by atoms with Gasteiger partial charge in [0.05, 0.1) is 23.7 Å². The SMILES string of the molecule is Cn1cnc(-c2ccc(NC(=O)[C@@H](NCCc3ccc(C#N)cc3)c3ccccc3)nc2)c1. The first-order valence-electron chi connectivity index (χ1n) is 10.6. The fraction of sp³-hybridized carbons (Fsp3) is 0.154. The second-order valence-corrected chi connectivity index (χ2v) is 7.70. The first kappa shape index (κ1) is 21.9. The van der Waals surface area contributed by atoms with Crippen LogP contribution in [0.25, 0.3) is 11.3 Å². The van der Waals surface area contributed by atoms with Gasteiger partial charge in [0.25, 0.3) is 0 Å². The smallest absolute Gasteiger partial charge is 0.247 e. The molecular formula is C26H24N6O. The van der Waals surface area contributed by atoms with E-state index >= 15 is 0 Å². The molecule has 7 heteroatoms. The van der Waals surface area contributed by atoms with Crippen LogP contribution < -0.4 is 10.6 Å². The third-order valence-corrected chi connectivity index (χ3v) is 5.26. The molecule has 0 aliphatic heterocycles. The number of aryl methyl sites for hydroxylation is 1. The van der Waals surface area contributed by atoms with Crippen LogP contribution in [0.4, 0.5) is 5.82 Å². The highest BCUT2D eigenvalue weighted by atomic mass is 16.2. The predicted octanol–water partition coefficient (Wildman–Crippen LogP) is 3.87. The van der Waals surface area contributed by atoms with Gasteiger partial charge in [-0.2, -0.15) is 5.26 Å².